The summed E-state index contributed by atoms with van der Waals surface area (Å²) in [4.78, 5) is 14.0. The predicted octanol–water partition coefficient (Wildman–Crippen LogP) is 2.02. The van der Waals surface area contributed by atoms with Gasteiger partial charge in [-0.25, -0.2) is 4.68 Å². The molecular formula is C17H24N4O2. The van der Waals surface area contributed by atoms with Crippen molar-refractivity contribution < 1.29 is 9.90 Å². The van der Waals surface area contributed by atoms with Crippen LogP contribution in [0.5, 0.6) is 5.75 Å². The molecule has 1 amide bonds. The number of aromatic nitrogens is 2. The Hall–Kier alpha value is -2.34. The standard InChI is InChI=1S/C17H24N4O2/c1-12(2)14(18)9-10-20(3)17(23)16-15(22)11-21(19-16)13-7-5-4-6-8-13/h4-8,11-12,14,22H,9-10,18H2,1-3H3. The van der Waals surface area contributed by atoms with Crippen LogP contribution in [0.3, 0.4) is 0 Å². The molecular weight excluding hydrogens is 292 g/mol. The molecule has 6 heteroatoms. The van der Waals surface area contributed by atoms with Gasteiger partial charge in [0.2, 0.25) is 0 Å². The Kier molecular flexibility index (Phi) is 5.39. The van der Waals surface area contributed by atoms with Crippen LogP contribution in [0.25, 0.3) is 5.69 Å². The number of carbonyl (C=O) groups is 1. The third kappa shape index (κ3) is 4.10. The van der Waals surface area contributed by atoms with E-state index in [2.05, 4.69) is 18.9 Å². The van der Waals surface area contributed by atoms with E-state index in [0.717, 1.165) is 5.69 Å². The Labute approximate surface area is 136 Å². The first-order valence-corrected chi connectivity index (χ1v) is 7.75. The summed E-state index contributed by atoms with van der Waals surface area (Å²) in [5.41, 5.74) is 6.84. The second-order valence-corrected chi connectivity index (χ2v) is 6.07. The van der Waals surface area contributed by atoms with Gasteiger partial charge in [-0.05, 0) is 24.5 Å². The minimum atomic E-state index is -0.312. The molecule has 0 aliphatic rings. The number of hydrogen-bond acceptors (Lipinski definition) is 4. The third-order valence-corrected chi connectivity index (χ3v) is 3.92. The van der Waals surface area contributed by atoms with Crippen LogP contribution in [0, 0.1) is 5.92 Å². The zero-order valence-electron chi connectivity index (χ0n) is 13.8. The fraction of sp³-hybridized carbons (Fsp3) is 0.412. The van der Waals surface area contributed by atoms with E-state index < -0.39 is 0 Å². The van der Waals surface area contributed by atoms with Crippen LogP contribution >= 0.6 is 0 Å². The molecule has 1 aromatic carbocycles. The molecule has 0 saturated carbocycles. The minimum absolute atomic E-state index is 0.0423. The van der Waals surface area contributed by atoms with E-state index >= 15 is 0 Å². The van der Waals surface area contributed by atoms with Crippen molar-refractivity contribution in [3.63, 3.8) is 0 Å². The molecule has 0 aliphatic carbocycles. The van der Waals surface area contributed by atoms with Gasteiger partial charge in [-0.2, -0.15) is 5.10 Å². The van der Waals surface area contributed by atoms with Gasteiger partial charge in [0.1, 0.15) is 0 Å². The number of nitrogens with zero attached hydrogens (tertiary/aromatic N) is 3. The van der Waals surface area contributed by atoms with Crippen LogP contribution in [0.4, 0.5) is 0 Å². The first-order chi connectivity index (χ1) is 10.9. The van der Waals surface area contributed by atoms with Crippen LogP contribution in [0.2, 0.25) is 0 Å². The van der Waals surface area contributed by atoms with Crippen molar-refractivity contribution in [3.05, 3.63) is 42.2 Å². The predicted molar refractivity (Wildman–Crippen MR) is 89.6 cm³/mol. The van der Waals surface area contributed by atoms with E-state index in [-0.39, 0.29) is 23.4 Å². The number of nitrogens with two attached hydrogens (primary N) is 1. The summed E-state index contributed by atoms with van der Waals surface area (Å²) < 4.78 is 1.50. The van der Waals surface area contributed by atoms with Gasteiger partial charge in [-0.3, -0.25) is 4.79 Å². The van der Waals surface area contributed by atoms with Crippen molar-refractivity contribution in [1.29, 1.82) is 0 Å². The van der Waals surface area contributed by atoms with Gasteiger partial charge in [0.25, 0.3) is 5.91 Å². The lowest BCUT2D eigenvalue weighted by Gasteiger charge is -2.20. The topological polar surface area (TPSA) is 84.4 Å². The molecule has 3 N–H and O–H groups in total. The highest BCUT2D eigenvalue weighted by Gasteiger charge is 2.21. The molecule has 1 atom stereocenters. The van der Waals surface area contributed by atoms with Crippen molar-refractivity contribution >= 4 is 5.91 Å². The first-order valence-electron chi connectivity index (χ1n) is 7.75. The number of carbonyl (C=O) groups excluding carboxylic acids is 1. The maximum absolute atomic E-state index is 12.4. The van der Waals surface area contributed by atoms with E-state index in [1.54, 1.807) is 11.9 Å². The van der Waals surface area contributed by atoms with Gasteiger partial charge in [-0.15, -0.1) is 0 Å². The lowest BCUT2D eigenvalue weighted by molar-refractivity contribution is 0.0780. The Bertz CT molecular complexity index is 652. The molecule has 23 heavy (non-hydrogen) atoms. The molecule has 0 fully saturated rings. The van der Waals surface area contributed by atoms with Crippen LogP contribution in [-0.2, 0) is 0 Å². The minimum Gasteiger partial charge on any atom is -0.504 e. The molecule has 124 valence electrons. The van der Waals surface area contributed by atoms with Gasteiger partial charge in [-0.1, -0.05) is 32.0 Å². The summed E-state index contributed by atoms with van der Waals surface area (Å²) in [5.74, 6) is -0.0730. The van der Waals surface area contributed by atoms with Crippen LogP contribution < -0.4 is 5.73 Å². The average Bonchev–Trinajstić information content (AvgIpc) is 2.94. The summed E-state index contributed by atoms with van der Waals surface area (Å²) >= 11 is 0. The van der Waals surface area contributed by atoms with E-state index in [1.165, 1.54) is 10.9 Å². The van der Waals surface area contributed by atoms with E-state index in [0.29, 0.717) is 18.9 Å². The summed E-state index contributed by atoms with van der Waals surface area (Å²) in [6, 6.07) is 9.38. The van der Waals surface area contributed by atoms with E-state index in [1.807, 2.05) is 30.3 Å². The van der Waals surface area contributed by atoms with Crippen molar-refractivity contribution in [2.45, 2.75) is 26.3 Å². The monoisotopic (exact) mass is 316 g/mol. The van der Waals surface area contributed by atoms with Crippen molar-refractivity contribution in [2.75, 3.05) is 13.6 Å². The number of aromatic hydroxyl groups is 1. The molecule has 0 spiro atoms. The fourth-order valence-corrected chi connectivity index (χ4v) is 2.19. The van der Waals surface area contributed by atoms with E-state index in [9.17, 15) is 9.90 Å². The molecule has 2 aromatic rings. The van der Waals surface area contributed by atoms with Gasteiger partial charge in [0.05, 0.1) is 11.9 Å². The maximum Gasteiger partial charge on any atom is 0.277 e. The van der Waals surface area contributed by atoms with Crippen molar-refractivity contribution in [2.24, 2.45) is 11.7 Å². The normalized spacial score (nSPS) is 12.4. The highest BCUT2D eigenvalue weighted by Crippen LogP contribution is 2.19. The molecule has 6 nitrogen and oxygen atoms in total. The number of rotatable bonds is 6. The zero-order chi connectivity index (χ0) is 17.0. The number of benzene rings is 1. The second kappa shape index (κ2) is 7.28. The van der Waals surface area contributed by atoms with Crippen molar-refractivity contribution in [3.8, 4) is 11.4 Å². The quantitative estimate of drug-likeness (QED) is 0.854. The number of amides is 1. The molecule has 2 rings (SSSR count). The van der Waals surface area contributed by atoms with Crippen LogP contribution in [0.1, 0.15) is 30.8 Å². The van der Waals surface area contributed by atoms with Gasteiger partial charge >= 0.3 is 0 Å². The fourth-order valence-electron chi connectivity index (χ4n) is 2.19. The molecule has 1 unspecified atom stereocenters. The van der Waals surface area contributed by atoms with Crippen molar-refractivity contribution in [1.82, 2.24) is 14.7 Å². The van der Waals surface area contributed by atoms with Gasteiger partial charge in [0.15, 0.2) is 11.4 Å². The largest absolute Gasteiger partial charge is 0.504 e. The second-order valence-electron chi connectivity index (χ2n) is 6.07. The SMILES string of the molecule is CC(C)C(N)CCN(C)C(=O)c1nn(-c2ccccc2)cc1O. The lowest BCUT2D eigenvalue weighted by atomic mass is 10.0. The Balaban J connectivity index is 2.09. The van der Waals surface area contributed by atoms with Crippen LogP contribution in [-0.4, -0.2) is 45.3 Å². The average molecular weight is 316 g/mol. The molecule has 1 heterocycles. The van der Waals surface area contributed by atoms with Gasteiger partial charge in [0, 0.05) is 19.6 Å². The molecule has 0 radical (unpaired) electrons. The Morgan fingerprint density at radius 3 is 2.61 bits per heavy atom. The molecule has 1 aromatic heterocycles. The first kappa shape index (κ1) is 17.0. The molecule has 0 saturated heterocycles. The van der Waals surface area contributed by atoms with Crippen LogP contribution in [0.15, 0.2) is 36.5 Å². The zero-order valence-corrected chi connectivity index (χ0v) is 13.8. The number of hydrogen-bond donors (Lipinski definition) is 2. The van der Waals surface area contributed by atoms with E-state index in [4.69, 9.17) is 5.73 Å². The highest BCUT2D eigenvalue weighted by atomic mass is 16.3. The summed E-state index contributed by atoms with van der Waals surface area (Å²) in [6.45, 7) is 4.63. The molecule has 0 bridgehead atoms. The summed E-state index contributed by atoms with van der Waals surface area (Å²) in [7, 11) is 1.69. The third-order valence-electron chi connectivity index (χ3n) is 3.92. The Morgan fingerprint density at radius 2 is 2.00 bits per heavy atom. The highest BCUT2D eigenvalue weighted by molar-refractivity contribution is 5.94. The van der Waals surface area contributed by atoms with Gasteiger partial charge < -0.3 is 15.7 Å². The maximum atomic E-state index is 12.4. The lowest BCUT2D eigenvalue weighted by Crippen LogP contribution is -2.34. The smallest absolute Gasteiger partial charge is 0.277 e. The summed E-state index contributed by atoms with van der Waals surface area (Å²) in [6.07, 6.45) is 2.15. The summed E-state index contributed by atoms with van der Waals surface area (Å²) in [5, 5.41) is 14.2. The molecule has 0 aliphatic heterocycles. The Morgan fingerprint density at radius 1 is 1.35 bits per heavy atom. The number of para-hydroxylation sites is 1.